The SMILES string of the molecule is CCCCCc1nnc(NC(=O)COc2ccc(C(C)=O)cc2)s1. The molecule has 0 aliphatic heterocycles. The number of aromatic nitrogens is 2. The summed E-state index contributed by atoms with van der Waals surface area (Å²) in [5.74, 6) is 0.236. The van der Waals surface area contributed by atoms with E-state index in [4.69, 9.17) is 4.74 Å². The molecular weight excluding hydrogens is 326 g/mol. The number of carbonyl (C=O) groups excluding carboxylic acids is 2. The van der Waals surface area contributed by atoms with Crippen molar-refractivity contribution in [2.45, 2.75) is 39.5 Å². The molecule has 128 valence electrons. The van der Waals surface area contributed by atoms with Crippen LogP contribution in [0.15, 0.2) is 24.3 Å². The quantitative estimate of drug-likeness (QED) is 0.555. The predicted octanol–water partition coefficient (Wildman–Crippen LogP) is 3.49. The highest BCUT2D eigenvalue weighted by molar-refractivity contribution is 7.15. The highest BCUT2D eigenvalue weighted by Crippen LogP contribution is 2.18. The first-order chi connectivity index (χ1) is 11.6. The number of carbonyl (C=O) groups is 2. The summed E-state index contributed by atoms with van der Waals surface area (Å²) >= 11 is 1.39. The van der Waals surface area contributed by atoms with E-state index < -0.39 is 0 Å². The lowest BCUT2D eigenvalue weighted by Crippen LogP contribution is -2.20. The van der Waals surface area contributed by atoms with Crippen molar-refractivity contribution in [1.29, 1.82) is 0 Å². The number of rotatable bonds is 9. The first-order valence-corrected chi connectivity index (χ1v) is 8.76. The maximum atomic E-state index is 11.9. The van der Waals surface area contributed by atoms with E-state index in [1.165, 1.54) is 18.3 Å². The van der Waals surface area contributed by atoms with Crippen LogP contribution in [0.25, 0.3) is 0 Å². The van der Waals surface area contributed by atoms with Gasteiger partial charge in [-0.2, -0.15) is 0 Å². The lowest BCUT2D eigenvalue weighted by atomic mass is 10.1. The summed E-state index contributed by atoms with van der Waals surface area (Å²) in [5, 5.41) is 12.1. The van der Waals surface area contributed by atoms with E-state index in [0.29, 0.717) is 16.4 Å². The van der Waals surface area contributed by atoms with Gasteiger partial charge in [-0.3, -0.25) is 14.9 Å². The largest absolute Gasteiger partial charge is 0.484 e. The van der Waals surface area contributed by atoms with Crippen LogP contribution in [0.3, 0.4) is 0 Å². The molecule has 1 heterocycles. The van der Waals surface area contributed by atoms with Gasteiger partial charge in [0.1, 0.15) is 10.8 Å². The Bertz CT molecular complexity index is 683. The molecule has 0 saturated heterocycles. The summed E-state index contributed by atoms with van der Waals surface area (Å²) < 4.78 is 5.39. The van der Waals surface area contributed by atoms with E-state index in [1.807, 2.05) is 0 Å². The molecule has 0 atom stereocenters. The molecule has 1 aromatic carbocycles. The Morgan fingerprint density at radius 1 is 1.17 bits per heavy atom. The van der Waals surface area contributed by atoms with Crippen LogP contribution < -0.4 is 10.1 Å². The van der Waals surface area contributed by atoms with E-state index in [-0.39, 0.29) is 18.3 Å². The van der Waals surface area contributed by atoms with Gasteiger partial charge in [0, 0.05) is 12.0 Å². The minimum atomic E-state index is -0.290. The number of aryl methyl sites for hydroxylation is 1. The number of ether oxygens (including phenoxy) is 1. The van der Waals surface area contributed by atoms with Crippen molar-refractivity contribution in [2.75, 3.05) is 11.9 Å². The fraction of sp³-hybridized carbons (Fsp3) is 0.412. The second-order valence-electron chi connectivity index (χ2n) is 5.38. The maximum absolute atomic E-state index is 11.9. The number of nitrogens with one attached hydrogen (secondary N) is 1. The number of nitrogens with zero attached hydrogens (tertiary/aromatic N) is 2. The summed E-state index contributed by atoms with van der Waals surface area (Å²) in [6, 6.07) is 6.67. The lowest BCUT2D eigenvalue weighted by molar-refractivity contribution is -0.118. The van der Waals surface area contributed by atoms with Crippen LogP contribution in [0.1, 0.15) is 48.5 Å². The molecule has 1 N–H and O–H groups in total. The molecule has 0 bridgehead atoms. The van der Waals surface area contributed by atoms with E-state index >= 15 is 0 Å². The summed E-state index contributed by atoms with van der Waals surface area (Å²) in [7, 11) is 0. The highest BCUT2D eigenvalue weighted by atomic mass is 32.1. The molecule has 2 aromatic rings. The number of hydrogen-bond acceptors (Lipinski definition) is 6. The van der Waals surface area contributed by atoms with E-state index in [1.54, 1.807) is 24.3 Å². The fourth-order valence-corrected chi connectivity index (χ4v) is 2.82. The molecule has 1 amide bonds. The van der Waals surface area contributed by atoms with Crippen molar-refractivity contribution in [3.05, 3.63) is 34.8 Å². The normalized spacial score (nSPS) is 10.4. The number of unbranched alkanes of at least 4 members (excludes halogenated alkanes) is 2. The maximum Gasteiger partial charge on any atom is 0.264 e. The molecular formula is C17H21N3O3S. The van der Waals surface area contributed by atoms with Crippen molar-refractivity contribution in [3.63, 3.8) is 0 Å². The van der Waals surface area contributed by atoms with Crippen LogP contribution in [-0.4, -0.2) is 28.5 Å². The van der Waals surface area contributed by atoms with E-state index in [0.717, 1.165) is 30.7 Å². The Morgan fingerprint density at radius 3 is 2.58 bits per heavy atom. The summed E-state index contributed by atoms with van der Waals surface area (Å²) in [4.78, 5) is 23.1. The first-order valence-electron chi connectivity index (χ1n) is 7.94. The van der Waals surface area contributed by atoms with Crippen molar-refractivity contribution < 1.29 is 14.3 Å². The van der Waals surface area contributed by atoms with E-state index in [2.05, 4.69) is 22.4 Å². The highest BCUT2D eigenvalue weighted by Gasteiger charge is 2.09. The van der Waals surface area contributed by atoms with E-state index in [9.17, 15) is 9.59 Å². The molecule has 0 unspecified atom stereocenters. The third kappa shape index (κ3) is 5.73. The molecule has 2 rings (SSSR count). The van der Waals surface area contributed by atoms with Gasteiger partial charge in [0.05, 0.1) is 0 Å². The zero-order valence-corrected chi connectivity index (χ0v) is 14.7. The van der Waals surface area contributed by atoms with Crippen molar-refractivity contribution in [3.8, 4) is 5.75 Å². The minimum Gasteiger partial charge on any atom is -0.484 e. The standard InChI is InChI=1S/C17H21N3O3S/c1-3-4-5-6-16-19-20-17(24-16)18-15(22)11-23-14-9-7-13(8-10-14)12(2)21/h7-10H,3-6,11H2,1-2H3,(H,18,20,22). The number of anilines is 1. The Balaban J connectivity index is 1.77. The average molecular weight is 347 g/mol. The van der Waals surface area contributed by atoms with Gasteiger partial charge in [0.2, 0.25) is 5.13 Å². The Kier molecular flexibility index (Phi) is 6.87. The second kappa shape index (κ2) is 9.12. The molecule has 24 heavy (non-hydrogen) atoms. The summed E-state index contributed by atoms with van der Waals surface area (Å²) in [5.41, 5.74) is 0.608. The Hall–Kier alpha value is -2.28. The van der Waals surface area contributed by atoms with Crippen LogP contribution in [-0.2, 0) is 11.2 Å². The van der Waals surface area contributed by atoms with Crippen molar-refractivity contribution in [2.24, 2.45) is 0 Å². The average Bonchev–Trinajstić information content (AvgIpc) is 3.01. The molecule has 7 heteroatoms. The van der Waals surface area contributed by atoms with Gasteiger partial charge in [-0.1, -0.05) is 31.1 Å². The third-order valence-corrected chi connectivity index (χ3v) is 4.24. The lowest BCUT2D eigenvalue weighted by Gasteiger charge is -2.06. The van der Waals surface area contributed by atoms with Gasteiger partial charge in [-0.05, 0) is 37.6 Å². The van der Waals surface area contributed by atoms with Gasteiger partial charge in [0.25, 0.3) is 5.91 Å². The molecule has 0 radical (unpaired) electrons. The number of ketones is 1. The van der Waals surface area contributed by atoms with Gasteiger partial charge in [0.15, 0.2) is 12.4 Å². The molecule has 0 aliphatic carbocycles. The van der Waals surface area contributed by atoms with Gasteiger partial charge in [-0.25, -0.2) is 0 Å². The Morgan fingerprint density at radius 2 is 1.92 bits per heavy atom. The number of benzene rings is 1. The first kappa shape index (κ1) is 18.1. The second-order valence-corrected chi connectivity index (χ2v) is 6.44. The smallest absolute Gasteiger partial charge is 0.264 e. The summed E-state index contributed by atoms with van der Waals surface area (Å²) in [6.07, 6.45) is 4.30. The van der Waals surface area contributed by atoms with Gasteiger partial charge >= 0.3 is 0 Å². The van der Waals surface area contributed by atoms with Crippen molar-refractivity contribution in [1.82, 2.24) is 10.2 Å². The zero-order valence-electron chi connectivity index (χ0n) is 13.9. The van der Waals surface area contributed by atoms with Crippen LogP contribution in [0.2, 0.25) is 0 Å². The van der Waals surface area contributed by atoms with Crippen molar-refractivity contribution >= 4 is 28.2 Å². The Labute approximate surface area is 145 Å². The molecule has 1 aromatic heterocycles. The predicted molar refractivity (Wildman–Crippen MR) is 93.7 cm³/mol. The number of amides is 1. The number of hydrogen-bond donors (Lipinski definition) is 1. The molecule has 0 spiro atoms. The molecule has 0 aliphatic rings. The van der Waals surface area contributed by atoms with Crippen LogP contribution in [0.5, 0.6) is 5.75 Å². The van der Waals surface area contributed by atoms with Gasteiger partial charge in [-0.15, -0.1) is 10.2 Å². The third-order valence-electron chi connectivity index (χ3n) is 3.34. The number of Topliss-reactive ketones (excluding diaryl/α,β-unsaturated/α-hetero) is 1. The minimum absolute atomic E-state index is 0.00898. The fourth-order valence-electron chi connectivity index (χ4n) is 2.02. The monoisotopic (exact) mass is 347 g/mol. The van der Waals surface area contributed by atoms with Crippen LogP contribution >= 0.6 is 11.3 Å². The summed E-state index contributed by atoms with van der Waals surface area (Å²) in [6.45, 7) is 3.53. The molecule has 0 saturated carbocycles. The molecule has 0 fully saturated rings. The molecule has 6 nitrogen and oxygen atoms in total. The zero-order chi connectivity index (χ0) is 17.4. The van der Waals surface area contributed by atoms with Crippen LogP contribution in [0, 0.1) is 0 Å². The van der Waals surface area contributed by atoms with Gasteiger partial charge < -0.3 is 4.74 Å². The van der Waals surface area contributed by atoms with Crippen LogP contribution in [0.4, 0.5) is 5.13 Å². The topological polar surface area (TPSA) is 81.2 Å².